The number of aryl methyl sites for hydroxylation is 2. The van der Waals surface area contributed by atoms with Crippen molar-refractivity contribution in [3.63, 3.8) is 0 Å². The zero-order valence-corrected chi connectivity index (χ0v) is 12.0. The Morgan fingerprint density at radius 3 is 2.55 bits per heavy atom. The largest absolute Gasteiger partial charge is 0.464 e. The second-order valence-corrected chi connectivity index (χ2v) is 4.81. The molecule has 2 heterocycles. The molecule has 0 fully saturated rings. The van der Waals surface area contributed by atoms with Gasteiger partial charge in [0.15, 0.2) is 5.82 Å². The first-order valence-corrected chi connectivity index (χ1v) is 6.44. The maximum absolute atomic E-state index is 11.9. The van der Waals surface area contributed by atoms with Crippen molar-refractivity contribution in [2.24, 2.45) is 7.05 Å². The van der Waals surface area contributed by atoms with Gasteiger partial charge in [-0.1, -0.05) is 0 Å². The van der Waals surface area contributed by atoms with E-state index in [1.165, 1.54) is 0 Å². The lowest BCUT2D eigenvalue weighted by Gasteiger charge is -2.16. The fourth-order valence-electron chi connectivity index (χ4n) is 1.94. The van der Waals surface area contributed by atoms with E-state index in [1.54, 1.807) is 10.9 Å². The number of hydrogen-bond donors (Lipinski definition) is 2. The highest BCUT2D eigenvalue weighted by atomic mass is 16.3. The van der Waals surface area contributed by atoms with Crippen LogP contribution in [0.4, 0.5) is 4.79 Å². The van der Waals surface area contributed by atoms with Crippen molar-refractivity contribution < 1.29 is 9.21 Å². The minimum absolute atomic E-state index is 0.199. The predicted octanol–water partition coefficient (Wildman–Crippen LogP) is 1.84. The average Bonchev–Trinajstić information content (AvgIpc) is 2.97. The molecule has 0 aliphatic heterocycles. The van der Waals surface area contributed by atoms with Crippen LogP contribution in [0.15, 0.2) is 22.9 Å². The van der Waals surface area contributed by atoms with Gasteiger partial charge >= 0.3 is 6.03 Å². The first-order chi connectivity index (χ1) is 9.47. The van der Waals surface area contributed by atoms with E-state index in [0.29, 0.717) is 5.82 Å². The van der Waals surface area contributed by atoms with Crippen LogP contribution in [0.25, 0.3) is 0 Å². The van der Waals surface area contributed by atoms with Crippen LogP contribution in [0.2, 0.25) is 0 Å². The van der Waals surface area contributed by atoms with Gasteiger partial charge in [0.25, 0.3) is 0 Å². The lowest BCUT2D eigenvalue weighted by Crippen LogP contribution is -2.39. The van der Waals surface area contributed by atoms with E-state index >= 15 is 0 Å². The summed E-state index contributed by atoms with van der Waals surface area (Å²) in [6.45, 7) is 5.59. The van der Waals surface area contributed by atoms with Gasteiger partial charge in [-0.25, -0.2) is 4.79 Å². The number of urea groups is 1. The molecule has 2 amide bonds. The van der Waals surface area contributed by atoms with Gasteiger partial charge in [0.2, 0.25) is 0 Å². The topological polar surface area (TPSA) is 85.0 Å². The third-order valence-corrected chi connectivity index (χ3v) is 3.02. The summed E-state index contributed by atoms with van der Waals surface area (Å²) in [5.41, 5.74) is 0. The van der Waals surface area contributed by atoms with Crippen LogP contribution in [0.1, 0.15) is 43.3 Å². The number of carbonyl (C=O) groups is 1. The third kappa shape index (κ3) is 3.17. The Balaban J connectivity index is 1.91. The third-order valence-electron chi connectivity index (χ3n) is 3.02. The number of nitrogens with one attached hydrogen (secondary N) is 2. The number of furan rings is 1. The summed E-state index contributed by atoms with van der Waals surface area (Å²) in [6.07, 6.45) is 1.60. The fourth-order valence-corrected chi connectivity index (χ4v) is 1.94. The van der Waals surface area contributed by atoms with Crippen molar-refractivity contribution in [1.82, 2.24) is 25.4 Å². The van der Waals surface area contributed by atoms with Gasteiger partial charge in [0, 0.05) is 7.05 Å². The van der Waals surface area contributed by atoms with Crippen molar-refractivity contribution in [3.8, 4) is 0 Å². The summed E-state index contributed by atoms with van der Waals surface area (Å²) >= 11 is 0. The number of carbonyl (C=O) groups excluding carboxylic acids is 1. The zero-order chi connectivity index (χ0) is 14.7. The van der Waals surface area contributed by atoms with Crippen molar-refractivity contribution in [2.45, 2.75) is 32.9 Å². The Kier molecular flexibility index (Phi) is 4.07. The molecule has 0 spiro atoms. The van der Waals surface area contributed by atoms with Gasteiger partial charge in [-0.2, -0.15) is 0 Å². The summed E-state index contributed by atoms with van der Waals surface area (Å²) in [5.74, 6) is 2.24. The van der Waals surface area contributed by atoms with E-state index in [9.17, 15) is 4.79 Å². The zero-order valence-electron chi connectivity index (χ0n) is 12.0. The van der Waals surface area contributed by atoms with Crippen molar-refractivity contribution in [2.75, 3.05) is 0 Å². The standard InChI is InChI=1S/C13H19N5O2/c1-8-5-6-11(20-8)9(2)15-13(19)16-10(3)12-17-14-7-18(12)4/h5-7,9-10H,1-4H3,(H2,15,16,19)/t9-,10+/m0/s1. The molecule has 0 aromatic carbocycles. The fraction of sp³-hybridized carbons (Fsp3) is 0.462. The molecule has 7 nitrogen and oxygen atoms in total. The van der Waals surface area contributed by atoms with Crippen LogP contribution in [-0.2, 0) is 7.05 Å². The molecule has 0 aliphatic rings. The highest BCUT2D eigenvalue weighted by Gasteiger charge is 2.17. The Hall–Kier alpha value is -2.31. The van der Waals surface area contributed by atoms with Crippen LogP contribution >= 0.6 is 0 Å². The molecular weight excluding hydrogens is 258 g/mol. The number of rotatable bonds is 4. The highest BCUT2D eigenvalue weighted by Crippen LogP contribution is 2.15. The SMILES string of the molecule is Cc1ccc([C@H](C)NC(=O)N[C@H](C)c2nncn2C)o1. The van der Waals surface area contributed by atoms with Gasteiger partial charge in [0.1, 0.15) is 17.8 Å². The summed E-state index contributed by atoms with van der Waals surface area (Å²) in [6, 6.07) is 3.02. The Morgan fingerprint density at radius 1 is 1.30 bits per heavy atom. The van der Waals surface area contributed by atoms with Crippen LogP contribution in [0.3, 0.4) is 0 Å². The summed E-state index contributed by atoms with van der Waals surface area (Å²) in [5, 5.41) is 13.4. The molecule has 2 atom stereocenters. The van der Waals surface area contributed by atoms with Gasteiger partial charge < -0.3 is 19.6 Å². The molecule has 20 heavy (non-hydrogen) atoms. The maximum atomic E-state index is 11.9. The van der Waals surface area contributed by atoms with Crippen LogP contribution < -0.4 is 10.6 Å². The predicted molar refractivity (Wildman–Crippen MR) is 72.9 cm³/mol. The Bertz CT molecular complexity index is 589. The lowest BCUT2D eigenvalue weighted by molar-refractivity contribution is 0.232. The smallest absolute Gasteiger partial charge is 0.315 e. The summed E-state index contributed by atoms with van der Waals surface area (Å²) in [7, 11) is 1.83. The number of aromatic nitrogens is 3. The lowest BCUT2D eigenvalue weighted by atomic mass is 10.2. The molecule has 0 radical (unpaired) electrons. The van der Waals surface area contributed by atoms with Gasteiger partial charge in [-0.15, -0.1) is 10.2 Å². The molecule has 7 heteroatoms. The molecule has 0 aliphatic carbocycles. The normalized spacial score (nSPS) is 13.8. The van der Waals surface area contributed by atoms with Crippen LogP contribution in [0.5, 0.6) is 0 Å². The molecule has 2 N–H and O–H groups in total. The second-order valence-electron chi connectivity index (χ2n) is 4.81. The minimum atomic E-state index is -0.276. The van der Waals surface area contributed by atoms with Crippen molar-refractivity contribution in [3.05, 3.63) is 35.8 Å². The summed E-state index contributed by atoms with van der Waals surface area (Å²) < 4.78 is 7.24. The molecule has 2 rings (SSSR count). The van der Waals surface area contributed by atoms with E-state index in [-0.39, 0.29) is 18.1 Å². The number of nitrogens with zero attached hydrogens (tertiary/aromatic N) is 3. The Morgan fingerprint density at radius 2 is 2.00 bits per heavy atom. The average molecular weight is 277 g/mol. The van der Waals surface area contributed by atoms with Crippen molar-refractivity contribution in [1.29, 1.82) is 0 Å². The van der Waals surface area contributed by atoms with Crippen LogP contribution in [-0.4, -0.2) is 20.8 Å². The molecule has 0 bridgehead atoms. The van der Waals surface area contributed by atoms with E-state index in [0.717, 1.165) is 11.5 Å². The van der Waals surface area contributed by atoms with E-state index in [2.05, 4.69) is 20.8 Å². The number of hydrogen-bond acceptors (Lipinski definition) is 4. The molecular formula is C13H19N5O2. The van der Waals surface area contributed by atoms with Gasteiger partial charge in [-0.3, -0.25) is 0 Å². The molecule has 2 aromatic rings. The van der Waals surface area contributed by atoms with E-state index < -0.39 is 0 Å². The molecule has 0 unspecified atom stereocenters. The highest BCUT2D eigenvalue weighted by molar-refractivity contribution is 5.74. The quantitative estimate of drug-likeness (QED) is 0.893. The minimum Gasteiger partial charge on any atom is -0.464 e. The molecule has 2 aromatic heterocycles. The van der Waals surface area contributed by atoms with Crippen LogP contribution in [0, 0.1) is 6.92 Å². The number of amides is 2. The van der Waals surface area contributed by atoms with Crippen molar-refractivity contribution >= 4 is 6.03 Å². The monoisotopic (exact) mass is 277 g/mol. The maximum Gasteiger partial charge on any atom is 0.315 e. The van der Waals surface area contributed by atoms with E-state index in [1.807, 2.05) is 40.0 Å². The molecule has 108 valence electrons. The van der Waals surface area contributed by atoms with Gasteiger partial charge in [-0.05, 0) is 32.9 Å². The molecule has 0 saturated heterocycles. The first-order valence-electron chi connectivity index (χ1n) is 6.44. The first kappa shape index (κ1) is 14.1. The molecule has 0 saturated carbocycles. The second kappa shape index (κ2) is 5.77. The Labute approximate surface area is 117 Å². The van der Waals surface area contributed by atoms with Gasteiger partial charge in [0.05, 0.1) is 12.1 Å². The van der Waals surface area contributed by atoms with E-state index in [4.69, 9.17) is 4.42 Å². The summed E-state index contributed by atoms with van der Waals surface area (Å²) in [4.78, 5) is 11.9.